The van der Waals surface area contributed by atoms with Crippen molar-refractivity contribution >= 4 is 45.3 Å². The van der Waals surface area contributed by atoms with Gasteiger partial charge in [-0.2, -0.15) is 0 Å². The molecule has 0 saturated heterocycles. The molecule has 2 N–H and O–H groups in total. The molecule has 0 fully saturated rings. The van der Waals surface area contributed by atoms with Gasteiger partial charge in [0.15, 0.2) is 5.11 Å². The molecule has 0 spiro atoms. The highest BCUT2D eigenvalue weighted by atomic mass is 32.1. The van der Waals surface area contributed by atoms with Crippen molar-refractivity contribution in [3.63, 3.8) is 0 Å². The van der Waals surface area contributed by atoms with E-state index in [1.807, 2.05) is 44.2 Å². The molecule has 3 aromatic rings. The van der Waals surface area contributed by atoms with Gasteiger partial charge in [0.1, 0.15) is 16.4 Å². The number of anilines is 2. The van der Waals surface area contributed by atoms with Gasteiger partial charge in [0.25, 0.3) is 0 Å². The molecule has 7 heteroatoms. The summed E-state index contributed by atoms with van der Waals surface area (Å²) < 4.78 is 18.9. The van der Waals surface area contributed by atoms with E-state index in [4.69, 9.17) is 17.0 Å². The molecule has 0 saturated carbocycles. The number of aryl methyl sites for hydroxylation is 2. The number of thiophene rings is 1. The summed E-state index contributed by atoms with van der Waals surface area (Å²) in [7, 11) is 0. The fourth-order valence-electron chi connectivity index (χ4n) is 2.97. The zero-order valence-corrected chi connectivity index (χ0v) is 18.0. The van der Waals surface area contributed by atoms with Gasteiger partial charge in [-0.3, -0.25) is 0 Å². The highest BCUT2D eigenvalue weighted by Crippen LogP contribution is 2.40. The Labute approximate surface area is 178 Å². The van der Waals surface area contributed by atoms with Gasteiger partial charge in [-0.1, -0.05) is 36.4 Å². The Hall–Kier alpha value is -2.77. The second kappa shape index (κ2) is 9.15. The van der Waals surface area contributed by atoms with Crippen molar-refractivity contribution in [1.82, 2.24) is 0 Å². The Morgan fingerprint density at radius 2 is 1.86 bits per heavy atom. The van der Waals surface area contributed by atoms with Crippen molar-refractivity contribution in [3.05, 3.63) is 70.4 Å². The van der Waals surface area contributed by atoms with E-state index in [2.05, 4.69) is 10.6 Å². The van der Waals surface area contributed by atoms with Crippen LogP contribution in [0.15, 0.2) is 48.5 Å². The van der Waals surface area contributed by atoms with Crippen molar-refractivity contribution in [3.8, 4) is 11.1 Å². The summed E-state index contributed by atoms with van der Waals surface area (Å²) >= 11 is 6.83. The first-order chi connectivity index (χ1) is 13.9. The molecule has 0 bridgehead atoms. The maximum absolute atomic E-state index is 13.6. The quantitative estimate of drug-likeness (QED) is 0.377. The standard InChI is InChI=1S/C22H21FN2O2S2/c1-4-27-21(26)19-18(15-8-6-5-7-9-15)14(3)29-20(19)25-22(28)24-17-12-16(23)11-10-13(17)2/h5-12H,4H2,1-3H3,(H2,24,25,28). The molecule has 0 radical (unpaired) electrons. The number of benzene rings is 2. The molecule has 1 heterocycles. The molecule has 0 aliphatic heterocycles. The van der Waals surface area contributed by atoms with Gasteiger partial charge in [0.05, 0.1) is 6.61 Å². The number of carbonyl (C=O) groups excluding carboxylic acids is 1. The summed E-state index contributed by atoms with van der Waals surface area (Å²) in [6.45, 7) is 5.85. The smallest absolute Gasteiger partial charge is 0.341 e. The molecule has 29 heavy (non-hydrogen) atoms. The van der Waals surface area contributed by atoms with Crippen molar-refractivity contribution in [2.24, 2.45) is 0 Å². The second-order valence-electron chi connectivity index (χ2n) is 6.36. The Bertz CT molecular complexity index is 1050. The van der Waals surface area contributed by atoms with Crippen LogP contribution in [0.4, 0.5) is 15.1 Å². The fourth-order valence-corrected chi connectivity index (χ4v) is 4.31. The van der Waals surface area contributed by atoms with Gasteiger partial charge < -0.3 is 15.4 Å². The van der Waals surface area contributed by atoms with E-state index < -0.39 is 5.97 Å². The zero-order chi connectivity index (χ0) is 21.0. The van der Waals surface area contributed by atoms with Crippen molar-refractivity contribution in [2.75, 3.05) is 17.2 Å². The molecule has 2 aromatic carbocycles. The van der Waals surface area contributed by atoms with E-state index in [0.29, 0.717) is 16.3 Å². The number of hydrogen-bond acceptors (Lipinski definition) is 4. The average molecular weight is 429 g/mol. The van der Waals surface area contributed by atoms with Crippen LogP contribution in [0.3, 0.4) is 0 Å². The van der Waals surface area contributed by atoms with E-state index in [1.54, 1.807) is 13.0 Å². The summed E-state index contributed by atoms with van der Waals surface area (Å²) in [5, 5.41) is 6.95. The lowest BCUT2D eigenvalue weighted by molar-refractivity contribution is 0.0529. The zero-order valence-electron chi connectivity index (χ0n) is 16.3. The summed E-state index contributed by atoms with van der Waals surface area (Å²) in [6, 6.07) is 14.1. The lowest BCUT2D eigenvalue weighted by Crippen LogP contribution is -2.21. The molecule has 0 atom stereocenters. The Morgan fingerprint density at radius 1 is 1.14 bits per heavy atom. The molecular weight excluding hydrogens is 407 g/mol. The summed E-state index contributed by atoms with van der Waals surface area (Å²) in [5.74, 6) is -0.769. The molecule has 0 aliphatic carbocycles. The van der Waals surface area contributed by atoms with Crippen LogP contribution in [0.5, 0.6) is 0 Å². The number of carbonyl (C=O) groups is 1. The van der Waals surface area contributed by atoms with E-state index in [0.717, 1.165) is 21.6 Å². The average Bonchev–Trinajstić information content (AvgIpc) is 3.01. The maximum atomic E-state index is 13.6. The molecule has 0 unspecified atom stereocenters. The van der Waals surface area contributed by atoms with Gasteiger partial charge in [-0.05, 0) is 56.2 Å². The predicted molar refractivity (Wildman–Crippen MR) is 121 cm³/mol. The Kier molecular flexibility index (Phi) is 6.61. The largest absolute Gasteiger partial charge is 0.462 e. The third kappa shape index (κ3) is 4.81. The third-order valence-electron chi connectivity index (χ3n) is 4.30. The highest BCUT2D eigenvalue weighted by molar-refractivity contribution is 7.80. The van der Waals surface area contributed by atoms with Gasteiger partial charge in [-0.15, -0.1) is 11.3 Å². The van der Waals surface area contributed by atoms with E-state index in [-0.39, 0.29) is 17.5 Å². The molecule has 3 rings (SSSR count). The van der Waals surface area contributed by atoms with E-state index in [9.17, 15) is 9.18 Å². The highest BCUT2D eigenvalue weighted by Gasteiger charge is 2.25. The minimum atomic E-state index is -0.414. The van der Waals surface area contributed by atoms with Crippen LogP contribution in [-0.2, 0) is 4.74 Å². The first-order valence-corrected chi connectivity index (χ1v) is 10.3. The predicted octanol–water partition coefficient (Wildman–Crippen LogP) is 6.16. The Balaban J connectivity index is 1.95. The van der Waals surface area contributed by atoms with Crippen LogP contribution in [0.1, 0.15) is 27.7 Å². The van der Waals surface area contributed by atoms with Crippen LogP contribution < -0.4 is 10.6 Å². The normalized spacial score (nSPS) is 10.5. The molecule has 0 aliphatic rings. The molecule has 1 aromatic heterocycles. The number of thiocarbonyl (C=S) groups is 1. The van der Waals surface area contributed by atoms with Crippen LogP contribution >= 0.6 is 23.6 Å². The Morgan fingerprint density at radius 3 is 2.55 bits per heavy atom. The van der Waals surface area contributed by atoms with E-state index in [1.165, 1.54) is 23.5 Å². The lowest BCUT2D eigenvalue weighted by Gasteiger charge is -2.13. The minimum absolute atomic E-state index is 0.269. The minimum Gasteiger partial charge on any atom is -0.462 e. The number of nitrogens with one attached hydrogen (secondary N) is 2. The summed E-state index contributed by atoms with van der Waals surface area (Å²) in [4.78, 5) is 13.7. The van der Waals surface area contributed by atoms with Gasteiger partial charge in [0, 0.05) is 16.1 Å². The summed E-state index contributed by atoms with van der Waals surface area (Å²) in [5.41, 5.74) is 3.62. The fraction of sp³-hybridized carbons (Fsp3) is 0.182. The third-order valence-corrected chi connectivity index (χ3v) is 5.53. The number of halogens is 1. The van der Waals surface area contributed by atoms with Gasteiger partial charge in [-0.25, -0.2) is 9.18 Å². The molecule has 4 nitrogen and oxygen atoms in total. The van der Waals surface area contributed by atoms with Crippen molar-refractivity contribution < 1.29 is 13.9 Å². The number of hydrogen-bond donors (Lipinski definition) is 2. The van der Waals surface area contributed by atoms with Crippen LogP contribution in [0.25, 0.3) is 11.1 Å². The van der Waals surface area contributed by atoms with Crippen LogP contribution in [0, 0.1) is 19.7 Å². The summed E-state index contributed by atoms with van der Waals surface area (Å²) in [6.07, 6.45) is 0. The van der Waals surface area contributed by atoms with Crippen LogP contribution in [0.2, 0.25) is 0 Å². The first-order valence-electron chi connectivity index (χ1n) is 9.10. The monoisotopic (exact) mass is 428 g/mol. The number of rotatable bonds is 5. The molecule has 150 valence electrons. The topological polar surface area (TPSA) is 50.4 Å². The number of ether oxygens (including phenoxy) is 1. The SMILES string of the molecule is CCOC(=O)c1c(NC(=S)Nc2cc(F)ccc2C)sc(C)c1-c1ccccc1. The van der Waals surface area contributed by atoms with Crippen molar-refractivity contribution in [2.45, 2.75) is 20.8 Å². The van der Waals surface area contributed by atoms with Crippen molar-refractivity contribution in [1.29, 1.82) is 0 Å². The lowest BCUT2D eigenvalue weighted by atomic mass is 10.0. The molecule has 0 amide bonds. The number of esters is 1. The van der Waals surface area contributed by atoms with Gasteiger partial charge >= 0.3 is 5.97 Å². The van der Waals surface area contributed by atoms with Gasteiger partial charge in [0.2, 0.25) is 0 Å². The molecular formula is C22H21FN2O2S2. The maximum Gasteiger partial charge on any atom is 0.341 e. The first kappa shape index (κ1) is 21.0. The van der Waals surface area contributed by atoms with Crippen LogP contribution in [-0.4, -0.2) is 17.7 Å². The second-order valence-corrected chi connectivity index (χ2v) is 8.00. The van der Waals surface area contributed by atoms with E-state index >= 15 is 0 Å².